The number of anilines is 1. The van der Waals surface area contributed by atoms with Crippen LogP contribution in [0.25, 0.3) is 0 Å². The van der Waals surface area contributed by atoms with Gasteiger partial charge in [0.15, 0.2) is 0 Å². The van der Waals surface area contributed by atoms with E-state index in [1.807, 2.05) is 19.0 Å². The standard InChI is InChI=1S/C10H17IN4O/c1-10(16,6-15(2)3)5-13-9-8(11)4-12-7-14-9/h4,7,16H,5-6H2,1-3H3,(H,12,13,14). The molecular weight excluding hydrogens is 319 g/mol. The van der Waals surface area contributed by atoms with Crippen LogP contribution >= 0.6 is 22.6 Å². The molecule has 1 aromatic rings. The summed E-state index contributed by atoms with van der Waals surface area (Å²) < 4.78 is 0.945. The zero-order valence-electron chi connectivity index (χ0n) is 9.74. The van der Waals surface area contributed by atoms with Crippen LogP contribution in [0.2, 0.25) is 0 Å². The van der Waals surface area contributed by atoms with Gasteiger partial charge in [-0.1, -0.05) is 0 Å². The molecule has 1 heterocycles. The maximum Gasteiger partial charge on any atom is 0.142 e. The molecule has 0 aliphatic heterocycles. The van der Waals surface area contributed by atoms with E-state index in [9.17, 15) is 5.11 Å². The number of hydrogen-bond donors (Lipinski definition) is 2. The van der Waals surface area contributed by atoms with Gasteiger partial charge in [0.1, 0.15) is 12.1 Å². The number of nitrogens with one attached hydrogen (secondary N) is 1. The zero-order valence-corrected chi connectivity index (χ0v) is 11.9. The Bertz CT molecular complexity index is 343. The molecule has 0 spiro atoms. The van der Waals surface area contributed by atoms with Gasteiger partial charge in [-0.2, -0.15) is 0 Å². The second-order valence-electron chi connectivity index (χ2n) is 4.31. The Morgan fingerprint density at radius 3 is 2.81 bits per heavy atom. The van der Waals surface area contributed by atoms with Crippen LogP contribution in [0.1, 0.15) is 6.92 Å². The van der Waals surface area contributed by atoms with E-state index in [1.165, 1.54) is 6.33 Å². The molecular formula is C10H17IN4O. The van der Waals surface area contributed by atoms with Crippen LogP contribution in [0, 0.1) is 3.57 Å². The third-order valence-corrected chi connectivity index (χ3v) is 2.75. The molecule has 0 amide bonds. The summed E-state index contributed by atoms with van der Waals surface area (Å²) in [5.74, 6) is 0.759. The average Bonchev–Trinajstić information content (AvgIpc) is 2.14. The molecule has 0 saturated carbocycles. The average molecular weight is 336 g/mol. The van der Waals surface area contributed by atoms with Crippen molar-refractivity contribution in [3.63, 3.8) is 0 Å². The molecule has 1 rings (SSSR count). The molecule has 1 aromatic heterocycles. The van der Waals surface area contributed by atoms with E-state index in [1.54, 1.807) is 13.1 Å². The first-order valence-electron chi connectivity index (χ1n) is 4.97. The molecule has 0 aliphatic carbocycles. The number of aromatic nitrogens is 2. The maximum absolute atomic E-state index is 10.1. The number of rotatable bonds is 5. The molecule has 6 heteroatoms. The number of aliphatic hydroxyl groups is 1. The number of halogens is 1. The normalized spacial score (nSPS) is 14.9. The Morgan fingerprint density at radius 1 is 1.56 bits per heavy atom. The number of likely N-dealkylation sites (N-methyl/N-ethyl adjacent to an activating group) is 1. The van der Waals surface area contributed by atoms with E-state index in [0.29, 0.717) is 13.1 Å². The van der Waals surface area contributed by atoms with E-state index >= 15 is 0 Å². The van der Waals surface area contributed by atoms with E-state index in [0.717, 1.165) is 9.39 Å². The molecule has 1 atom stereocenters. The number of hydrogen-bond acceptors (Lipinski definition) is 5. The highest BCUT2D eigenvalue weighted by Gasteiger charge is 2.21. The van der Waals surface area contributed by atoms with Crippen molar-refractivity contribution in [1.82, 2.24) is 14.9 Å². The molecule has 0 aliphatic rings. The Labute approximate surface area is 109 Å². The summed E-state index contributed by atoms with van der Waals surface area (Å²) in [6.07, 6.45) is 3.22. The Kier molecular flexibility index (Phi) is 4.88. The van der Waals surface area contributed by atoms with Crippen LogP contribution in [0.3, 0.4) is 0 Å². The third kappa shape index (κ3) is 4.58. The molecule has 0 fully saturated rings. The summed E-state index contributed by atoms with van der Waals surface area (Å²) in [5.41, 5.74) is -0.780. The maximum atomic E-state index is 10.1. The minimum Gasteiger partial charge on any atom is -0.387 e. The topological polar surface area (TPSA) is 61.3 Å². The van der Waals surface area contributed by atoms with Crippen LogP contribution in [0.5, 0.6) is 0 Å². The van der Waals surface area contributed by atoms with Gasteiger partial charge in [-0.15, -0.1) is 0 Å². The van der Waals surface area contributed by atoms with Crippen LogP contribution in [0.15, 0.2) is 12.5 Å². The second kappa shape index (κ2) is 5.74. The lowest BCUT2D eigenvalue weighted by Crippen LogP contribution is -2.43. The van der Waals surface area contributed by atoms with Crippen molar-refractivity contribution in [2.45, 2.75) is 12.5 Å². The first-order chi connectivity index (χ1) is 7.41. The molecule has 0 saturated heterocycles. The molecule has 90 valence electrons. The molecule has 1 unspecified atom stereocenters. The lowest BCUT2D eigenvalue weighted by atomic mass is 10.1. The molecule has 2 N–H and O–H groups in total. The van der Waals surface area contributed by atoms with Crippen molar-refractivity contribution in [2.75, 3.05) is 32.5 Å². The van der Waals surface area contributed by atoms with Gasteiger partial charge in [-0.3, -0.25) is 0 Å². The summed E-state index contributed by atoms with van der Waals surface area (Å²) >= 11 is 2.16. The van der Waals surface area contributed by atoms with Crippen molar-refractivity contribution < 1.29 is 5.11 Å². The van der Waals surface area contributed by atoms with Gasteiger partial charge < -0.3 is 15.3 Å². The highest BCUT2D eigenvalue weighted by molar-refractivity contribution is 14.1. The molecule has 0 radical (unpaired) electrons. The summed E-state index contributed by atoms with van der Waals surface area (Å²) in [7, 11) is 3.87. The van der Waals surface area contributed by atoms with Gasteiger partial charge >= 0.3 is 0 Å². The van der Waals surface area contributed by atoms with Crippen molar-refractivity contribution in [3.8, 4) is 0 Å². The highest BCUT2D eigenvalue weighted by Crippen LogP contribution is 2.14. The second-order valence-corrected chi connectivity index (χ2v) is 5.47. The molecule has 5 nitrogen and oxygen atoms in total. The van der Waals surface area contributed by atoms with E-state index < -0.39 is 5.60 Å². The first kappa shape index (κ1) is 13.6. The van der Waals surface area contributed by atoms with E-state index in [2.05, 4.69) is 37.9 Å². The fourth-order valence-electron chi connectivity index (χ4n) is 1.45. The van der Waals surface area contributed by atoms with Crippen molar-refractivity contribution in [1.29, 1.82) is 0 Å². The van der Waals surface area contributed by atoms with Gasteiger partial charge in [-0.05, 0) is 43.6 Å². The third-order valence-electron chi connectivity index (χ3n) is 1.96. The monoisotopic (exact) mass is 336 g/mol. The van der Waals surface area contributed by atoms with E-state index in [-0.39, 0.29) is 0 Å². The number of nitrogens with zero attached hydrogens (tertiary/aromatic N) is 3. The van der Waals surface area contributed by atoms with Crippen LogP contribution < -0.4 is 5.32 Å². The smallest absolute Gasteiger partial charge is 0.142 e. The predicted molar refractivity (Wildman–Crippen MR) is 72.4 cm³/mol. The van der Waals surface area contributed by atoms with Gasteiger partial charge in [-0.25, -0.2) is 9.97 Å². The predicted octanol–water partition coefficient (Wildman–Crippen LogP) is 0.806. The molecule has 16 heavy (non-hydrogen) atoms. The lowest BCUT2D eigenvalue weighted by molar-refractivity contribution is 0.0459. The lowest BCUT2D eigenvalue weighted by Gasteiger charge is -2.27. The largest absolute Gasteiger partial charge is 0.387 e. The van der Waals surface area contributed by atoms with Crippen molar-refractivity contribution in [3.05, 3.63) is 16.1 Å². The first-order valence-corrected chi connectivity index (χ1v) is 6.05. The Balaban J connectivity index is 2.54. The SMILES string of the molecule is CN(C)CC(C)(O)CNc1ncncc1I. The molecule has 0 aromatic carbocycles. The van der Waals surface area contributed by atoms with Crippen molar-refractivity contribution >= 4 is 28.4 Å². The van der Waals surface area contributed by atoms with Crippen LogP contribution in [-0.4, -0.2) is 52.8 Å². The van der Waals surface area contributed by atoms with Crippen LogP contribution in [0.4, 0.5) is 5.82 Å². The summed E-state index contributed by atoms with van der Waals surface area (Å²) in [6.45, 7) is 2.86. The fraction of sp³-hybridized carbons (Fsp3) is 0.600. The highest BCUT2D eigenvalue weighted by atomic mass is 127. The Hall–Kier alpha value is -0.470. The quantitative estimate of drug-likeness (QED) is 0.779. The van der Waals surface area contributed by atoms with Gasteiger partial charge in [0.05, 0.1) is 9.17 Å². The zero-order chi connectivity index (χ0) is 12.2. The summed E-state index contributed by atoms with van der Waals surface area (Å²) in [5, 5.41) is 13.2. The van der Waals surface area contributed by atoms with Gasteiger partial charge in [0.2, 0.25) is 0 Å². The minimum absolute atomic E-state index is 0.457. The summed E-state index contributed by atoms with van der Waals surface area (Å²) in [4.78, 5) is 9.97. The molecule has 0 bridgehead atoms. The minimum atomic E-state index is -0.780. The van der Waals surface area contributed by atoms with Crippen molar-refractivity contribution in [2.24, 2.45) is 0 Å². The van der Waals surface area contributed by atoms with E-state index in [4.69, 9.17) is 0 Å². The van der Waals surface area contributed by atoms with Crippen LogP contribution in [-0.2, 0) is 0 Å². The van der Waals surface area contributed by atoms with Gasteiger partial charge in [0.25, 0.3) is 0 Å². The summed E-state index contributed by atoms with van der Waals surface area (Å²) in [6, 6.07) is 0. The van der Waals surface area contributed by atoms with Gasteiger partial charge in [0, 0.05) is 19.3 Å². The Morgan fingerprint density at radius 2 is 2.25 bits per heavy atom. The fourth-order valence-corrected chi connectivity index (χ4v) is 1.94.